The summed E-state index contributed by atoms with van der Waals surface area (Å²) in [5, 5.41) is 2.97. The number of aromatic amines is 1. The minimum absolute atomic E-state index is 0. The Hall–Kier alpha value is -1.56. The predicted molar refractivity (Wildman–Crippen MR) is 92.5 cm³/mol. The predicted octanol–water partition coefficient (Wildman–Crippen LogP) is 2.99. The second-order valence-corrected chi connectivity index (χ2v) is 5.28. The van der Waals surface area contributed by atoms with Gasteiger partial charge in [-0.05, 0) is 31.4 Å². The molecule has 22 heavy (non-hydrogen) atoms. The maximum absolute atomic E-state index is 12.2. The van der Waals surface area contributed by atoms with E-state index < -0.39 is 0 Å². The van der Waals surface area contributed by atoms with E-state index in [9.17, 15) is 4.79 Å². The summed E-state index contributed by atoms with van der Waals surface area (Å²) in [6.45, 7) is 0. The van der Waals surface area contributed by atoms with Gasteiger partial charge < -0.3 is 16.0 Å². The van der Waals surface area contributed by atoms with Crippen molar-refractivity contribution in [2.45, 2.75) is 25.3 Å². The first-order valence-electron chi connectivity index (χ1n) is 6.88. The van der Waals surface area contributed by atoms with Crippen LogP contribution < -0.4 is 11.1 Å². The van der Waals surface area contributed by atoms with Crippen LogP contribution in [-0.2, 0) is 4.79 Å². The number of hydrogen-bond acceptors (Lipinski definition) is 3. The minimum atomic E-state index is 0. The maximum Gasteiger partial charge on any atom is 0.227 e. The van der Waals surface area contributed by atoms with Crippen LogP contribution in [-0.4, -0.2) is 21.9 Å². The topological polar surface area (TPSA) is 83.8 Å². The number of carbonyl (C=O) groups is 1. The summed E-state index contributed by atoms with van der Waals surface area (Å²) in [5.41, 5.74) is 7.60. The highest BCUT2D eigenvalue weighted by Crippen LogP contribution is 2.26. The molecule has 1 heterocycles. The monoisotopic (exact) mass is 342 g/mol. The van der Waals surface area contributed by atoms with Crippen molar-refractivity contribution < 1.29 is 4.79 Å². The Bertz CT molecular complexity index is 603. The van der Waals surface area contributed by atoms with E-state index in [1.165, 1.54) is 0 Å². The Balaban J connectivity index is 0.00000121. The van der Waals surface area contributed by atoms with Gasteiger partial charge in [0.2, 0.25) is 5.91 Å². The van der Waals surface area contributed by atoms with Gasteiger partial charge in [-0.2, -0.15) is 0 Å². The fourth-order valence-corrected chi connectivity index (χ4v) is 2.67. The zero-order valence-corrected chi connectivity index (χ0v) is 13.6. The van der Waals surface area contributed by atoms with Gasteiger partial charge in [0.15, 0.2) is 0 Å². The second kappa shape index (κ2) is 8.17. The number of halogens is 2. The van der Waals surface area contributed by atoms with Gasteiger partial charge in [-0.15, -0.1) is 24.8 Å². The lowest BCUT2D eigenvalue weighted by Gasteiger charge is -2.11. The minimum Gasteiger partial charge on any atom is -0.345 e. The smallest absolute Gasteiger partial charge is 0.227 e. The number of carbonyl (C=O) groups excluding carboxylic acids is 1. The van der Waals surface area contributed by atoms with Crippen LogP contribution in [0, 0.1) is 5.92 Å². The molecule has 0 radical (unpaired) electrons. The van der Waals surface area contributed by atoms with Gasteiger partial charge in [0.25, 0.3) is 0 Å². The quantitative estimate of drug-likeness (QED) is 0.801. The summed E-state index contributed by atoms with van der Waals surface area (Å²) >= 11 is 0. The first-order chi connectivity index (χ1) is 9.72. The average Bonchev–Trinajstić information content (AvgIpc) is 3.10. The van der Waals surface area contributed by atoms with Gasteiger partial charge in [0, 0.05) is 35.6 Å². The molecule has 3 rings (SSSR count). The van der Waals surface area contributed by atoms with Crippen LogP contribution in [0.4, 0.5) is 5.69 Å². The fraction of sp³-hybridized carbons (Fsp3) is 0.333. The Morgan fingerprint density at radius 1 is 1.32 bits per heavy atom. The number of nitrogens with zero attached hydrogens (tertiary/aromatic N) is 1. The molecule has 4 N–H and O–H groups in total. The molecule has 2 aromatic rings. The van der Waals surface area contributed by atoms with Crippen LogP contribution in [0.5, 0.6) is 0 Å². The van der Waals surface area contributed by atoms with Gasteiger partial charge in [0.1, 0.15) is 5.82 Å². The number of H-pyrrole nitrogens is 1. The van der Waals surface area contributed by atoms with E-state index in [1.807, 2.05) is 24.3 Å². The molecule has 120 valence electrons. The zero-order valence-electron chi connectivity index (χ0n) is 12.0. The highest BCUT2D eigenvalue weighted by atomic mass is 35.5. The number of rotatable bonds is 3. The SMILES string of the molecule is Cl.Cl.NC1CCC(C(=O)Nc2cccc(-c3ncc[nH]3)c2)C1. The number of hydrogen-bond donors (Lipinski definition) is 3. The summed E-state index contributed by atoms with van der Waals surface area (Å²) in [6.07, 6.45) is 6.08. The summed E-state index contributed by atoms with van der Waals surface area (Å²) in [7, 11) is 0. The van der Waals surface area contributed by atoms with E-state index >= 15 is 0 Å². The first kappa shape index (κ1) is 18.5. The molecule has 1 saturated carbocycles. The fourth-order valence-electron chi connectivity index (χ4n) is 2.67. The summed E-state index contributed by atoms with van der Waals surface area (Å²) in [5.74, 6) is 0.899. The normalized spacial score (nSPS) is 19.9. The van der Waals surface area contributed by atoms with E-state index in [1.54, 1.807) is 12.4 Å². The Morgan fingerprint density at radius 3 is 2.77 bits per heavy atom. The summed E-state index contributed by atoms with van der Waals surface area (Å²) in [6, 6.07) is 7.85. The van der Waals surface area contributed by atoms with Gasteiger partial charge in [-0.3, -0.25) is 4.79 Å². The Kier molecular flexibility index (Phi) is 6.87. The number of benzene rings is 1. The highest BCUT2D eigenvalue weighted by molar-refractivity contribution is 5.93. The molecule has 0 bridgehead atoms. The maximum atomic E-state index is 12.2. The van der Waals surface area contributed by atoms with E-state index in [0.717, 1.165) is 36.3 Å². The standard InChI is InChI=1S/C15H18N4O.2ClH/c16-12-5-4-11(8-12)15(20)19-13-3-1-2-10(9-13)14-17-6-7-18-14;;/h1-3,6-7,9,11-12H,4-5,8,16H2,(H,17,18)(H,19,20);2*1H. The molecule has 0 saturated heterocycles. The van der Waals surface area contributed by atoms with Gasteiger partial charge in [0.05, 0.1) is 0 Å². The third-order valence-electron chi connectivity index (χ3n) is 3.75. The lowest BCUT2D eigenvalue weighted by Crippen LogP contribution is -2.23. The van der Waals surface area contributed by atoms with Crippen molar-refractivity contribution in [3.8, 4) is 11.4 Å². The van der Waals surface area contributed by atoms with Crippen molar-refractivity contribution in [3.63, 3.8) is 0 Å². The van der Waals surface area contributed by atoms with Crippen molar-refractivity contribution in [1.29, 1.82) is 0 Å². The zero-order chi connectivity index (χ0) is 13.9. The second-order valence-electron chi connectivity index (χ2n) is 5.28. The Morgan fingerprint density at radius 2 is 2.14 bits per heavy atom. The molecular weight excluding hydrogens is 323 g/mol. The van der Waals surface area contributed by atoms with Crippen LogP contribution in [0.25, 0.3) is 11.4 Å². The molecule has 1 fully saturated rings. The summed E-state index contributed by atoms with van der Waals surface area (Å²) in [4.78, 5) is 19.4. The molecule has 1 aromatic carbocycles. The van der Waals surface area contributed by atoms with Crippen LogP contribution in [0.1, 0.15) is 19.3 Å². The molecule has 5 nitrogen and oxygen atoms in total. The largest absolute Gasteiger partial charge is 0.345 e. The Labute approximate surface area is 141 Å². The van der Waals surface area contributed by atoms with E-state index in [0.29, 0.717) is 0 Å². The van der Waals surface area contributed by atoms with Crippen LogP contribution in [0.15, 0.2) is 36.7 Å². The summed E-state index contributed by atoms with van der Waals surface area (Å²) < 4.78 is 0. The molecule has 1 aliphatic carbocycles. The third kappa shape index (κ3) is 4.22. The molecule has 7 heteroatoms. The van der Waals surface area contributed by atoms with Gasteiger partial charge in [-0.1, -0.05) is 12.1 Å². The van der Waals surface area contributed by atoms with Crippen LogP contribution in [0.3, 0.4) is 0 Å². The van der Waals surface area contributed by atoms with E-state index in [2.05, 4.69) is 15.3 Å². The number of imidazole rings is 1. The number of nitrogens with two attached hydrogens (primary N) is 1. The van der Waals surface area contributed by atoms with E-state index in [-0.39, 0.29) is 42.7 Å². The first-order valence-corrected chi connectivity index (χ1v) is 6.88. The van der Waals surface area contributed by atoms with Crippen molar-refractivity contribution in [1.82, 2.24) is 9.97 Å². The number of amides is 1. The molecule has 1 aliphatic rings. The average molecular weight is 343 g/mol. The van der Waals surface area contributed by atoms with Crippen molar-refractivity contribution >= 4 is 36.4 Å². The third-order valence-corrected chi connectivity index (χ3v) is 3.75. The molecule has 1 aromatic heterocycles. The number of aromatic nitrogens is 2. The van der Waals surface area contributed by atoms with Crippen molar-refractivity contribution in [3.05, 3.63) is 36.7 Å². The van der Waals surface area contributed by atoms with Crippen LogP contribution >= 0.6 is 24.8 Å². The lowest BCUT2D eigenvalue weighted by atomic mass is 10.1. The molecular formula is C15H20Cl2N4O. The van der Waals surface area contributed by atoms with Crippen molar-refractivity contribution in [2.75, 3.05) is 5.32 Å². The number of nitrogens with one attached hydrogen (secondary N) is 2. The van der Waals surface area contributed by atoms with Gasteiger partial charge in [-0.25, -0.2) is 4.98 Å². The highest BCUT2D eigenvalue weighted by Gasteiger charge is 2.27. The molecule has 1 amide bonds. The number of anilines is 1. The molecule has 0 aliphatic heterocycles. The lowest BCUT2D eigenvalue weighted by molar-refractivity contribution is -0.119. The van der Waals surface area contributed by atoms with Crippen molar-refractivity contribution in [2.24, 2.45) is 11.7 Å². The molecule has 2 unspecified atom stereocenters. The van der Waals surface area contributed by atoms with E-state index in [4.69, 9.17) is 5.73 Å². The molecule has 0 spiro atoms. The van der Waals surface area contributed by atoms with Gasteiger partial charge >= 0.3 is 0 Å². The van der Waals surface area contributed by atoms with Crippen LogP contribution in [0.2, 0.25) is 0 Å². The molecule has 2 atom stereocenters.